The summed E-state index contributed by atoms with van der Waals surface area (Å²) in [6.07, 6.45) is 2.20. The summed E-state index contributed by atoms with van der Waals surface area (Å²) in [6, 6.07) is 18.0. The molecule has 2 aliphatic rings. The molecule has 5 heteroatoms. The van der Waals surface area contributed by atoms with Gasteiger partial charge in [0.2, 0.25) is 0 Å². The molecule has 1 saturated heterocycles. The molecule has 2 aromatic carbocycles. The van der Waals surface area contributed by atoms with Crippen LogP contribution in [0.25, 0.3) is 0 Å². The monoisotopic (exact) mass is 381 g/mol. The Balaban J connectivity index is 1.38. The second-order valence-corrected chi connectivity index (χ2v) is 8.50. The number of carboxylic acids is 1. The molecule has 0 radical (unpaired) electrons. The van der Waals surface area contributed by atoms with Gasteiger partial charge in [-0.05, 0) is 54.5 Å². The zero-order chi connectivity index (χ0) is 18.8. The van der Waals surface area contributed by atoms with E-state index in [9.17, 15) is 14.7 Å². The first-order chi connectivity index (χ1) is 13.1. The van der Waals surface area contributed by atoms with Gasteiger partial charge >= 0.3 is 5.97 Å². The van der Waals surface area contributed by atoms with Crippen molar-refractivity contribution < 1.29 is 14.7 Å². The van der Waals surface area contributed by atoms with E-state index in [0.29, 0.717) is 24.6 Å². The lowest BCUT2D eigenvalue weighted by molar-refractivity contribution is -0.142. The molecule has 1 aliphatic carbocycles. The maximum atomic E-state index is 12.8. The number of rotatable bonds is 6. The van der Waals surface area contributed by atoms with Crippen LogP contribution in [0.5, 0.6) is 0 Å². The number of nitrogens with zero attached hydrogens (tertiary/aromatic N) is 1. The summed E-state index contributed by atoms with van der Waals surface area (Å²) in [4.78, 5) is 27.3. The van der Waals surface area contributed by atoms with Gasteiger partial charge in [-0.15, -0.1) is 11.8 Å². The van der Waals surface area contributed by atoms with E-state index in [4.69, 9.17) is 0 Å². The average Bonchev–Trinajstić information content (AvgIpc) is 3.45. The second kappa shape index (κ2) is 7.77. The smallest absolute Gasteiger partial charge is 0.308 e. The van der Waals surface area contributed by atoms with Crippen molar-refractivity contribution in [3.05, 3.63) is 65.7 Å². The predicted octanol–water partition coefficient (Wildman–Crippen LogP) is 4.16. The number of likely N-dealkylation sites (tertiary alicyclic amines) is 1. The minimum atomic E-state index is -0.768. The van der Waals surface area contributed by atoms with Crippen molar-refractivity contribution in [1.29, 1.82) is 0 Å². The summed E-state index contributed by atoms with van der Waals surface area (Å²) in [7, 11) is 0. The van der Waals surface area contributed by atoms with E-state index in [0.717, 1.165) is 18.6 Å². The average molecular weight is 381 g/mol. The first kappa shape index (κ1) is 18.1. The molecule has 1 aliphatic heterocycles. The number of carbonyl (C=O) groups excluding carboxylic acids is 1. The second-order valence-electron chi connectivity index (χ2n) is 7.45. The van der Waals surface area contributed by atoms with Gasteiger partial charge in [-0.2, -0.15) is 0 Å². The molecule has 0 aromatic heterocycles. The van der Waals surface area contributed by atoms with Gasteiger partial charge in [-0.25, -0.2) is 0 Å². The van der Waals surface area contributed by atoms with Gasteiger partial charge in [0.15, 0.2) is 0 Å². The Morgan fingerprint density at radius 1 is 1.00 bits per heavy atom. The summed E-state index contributed by atoms with van der Waals surface area (Å²) in [5.41, 5.74) is 1.81. The molecule has 2 atom stereocenters. The highest BCUT2D eigenvalue weighted by atomic mass is 32.2. The van der Waals surface area contributed by atoms with Gasteiger partial charge in [0, 0.05) is 29.3 Å². The van der Waals surface area contributed by atoms with Crippen molar-refractivity contribution in [1.82, 2.24) is 4.90 Å². The molecule has 1 heterocycles. The number of carboxylic acid groups (broad SMARTS) is 1. The molecule has 2 aromatic rings. The SMILES string of the molecule is O=C(O)[C@H]1CN(C(=O)c2ccc(CSc3ccccc3)cc2)C[C@@H]1C1CC1. The summed E-state index contributed by atoms with van der Waals surface area (Å²) in [5, 5.41) is 9.48. The number of benzene rings is 2. The number of hydrogen-bond acceptors (Lipinski definition) is 3. The Bertz CT molecular complexity index is 817. The molecule has 140 valence electrons. The van der Waals surface area contributed by atoms with Crippen LogP contribution in [0.2, 0.25) is 0 Å². The zero-order valence-electron chi connectivity index (χ0n) is 15.1. The molecular formula is C22H23NO3S. The zero-order valence-corrected chi connectivity index (χ0v) is 15.9. The lowest BCUT2D eigenvalue weighted by Gasteiger charge is -2.16. The maximum absolute atomic E-state index is 12.8. The van der Waals surface area contributed by atoms with Crippen LogP contribution < -0.4 is 0 Å². The van der Waals surface area contributed by atoms with E-state index in [1.165, 1.54) is 10.5 Å². The third-order valence-electron chi connectivity index (χ3n) is 5.55. The number of carbonyl (C=O) groups is 2. The van der Waals surface area contributed by atoms with E-state index < -0.39 is 11.9 Å². The fourth-order valence-electron chi connectivity index (χ4n) is 3.87. The Morgan fingerprint density at radius 2 is 1.70 bits per heavy atom. The molecule has 1 amide bonds. The molecule has 4 rings (SSSR count). The fourth-order valence-corrected chi connectivity index (χ4v) is 4.74. The van der Waals surface area contributed by atoms with Crippen molar-refractivity contribution in [2.45, 2.75) is 23.5 Å². The Morgan fingerprint density at radius 3 is 2.33 bits per heavy atom. The minimum Gasteiger partial charge on any atom is -0.481 e. The summed E-state index contributed by atoms with van der Waals surface area (Å²) < 4.78 is 0. The molecular weight excluding hydrogens is 358 g/mol. The van der Waals surface area contributed by atoms with Crippen molar-refractivity contribution in [2.24, 2.45) is 17.8 Å². The van der Waals surface area contributed by atoms with Crippen LogP contribution in [0, 0.1) is 17.8 Å². The van der Waals surface area contributed by atoms with Gasteiger partial charge in [0.05, 0.1) is 5.92 Å². The number of thioether (sulfide) groups is 1. The van der Waals surface area contributed by atoms with Gasteiger partial charge in [-0.1, -0.05) is 30.3 Å². The van der Waals surface area contributed by atoms with Crippen LogP contribution in [0.15, 0.2) is 59.5 Å². The number of amides is 1. The maximum Gasteiger partial charge on any atom is 0.308 e. The van der Waals surface area contributed by atoms with Crippen LogP contribution >= 0.6 is 11.8 Å². The standard InChI is InChI=1S/C22H23NO3S/c24-21(23-12-19(16-10-11-16)20(13-23)22(25)26)17-8-6-15(7-9-17)14-27-18-4-2-1-3-5-18/h1-9,16,19-20H,10-14H2,(H,25,26)/t19-,20+/m1/s1. The first-order valence-corrected chi connectivity index (χ1v) is 10.4. The molecule has 1 N–H and O–H groups in total. The van der Waals surface area contributed by atoms with Crippen molar-refractivity contribution in [3.8, 4) is 0 Å². The van der Waals surface area contributed by atoms with Crippen molar-refractivity contribution in [3.63, 3.8) is 0 Å². The van der Waals surface area contributed by atoms with E-state index in [-0.39, 0.29) is 11.8 Å². The molecule has 27 heavy (non-hydrogen) atoms. The third-order valence-corrected chi connectivity index (χ3v) is 6.63. The van der Waals surface area contributed by atoms with E-state index in [1.807, 2.05) is 42.5 Å². The first-order valence-electron chi connectivity index (χ1n) is 9.40. The van der Waals surface area contributed by atoms with Gasteiger partial charge in [0.1, 0.15) is 0 Å². The van der Waals surface area contributed by atoms with Gasteiger partial charge in [0.25, 0.3) is 5.91 Å². The minimum absolute atomic E-state index is 0.0494. The lowest BCUT2D eigenvalue weighted by atomic mass is 9.92. The predicted molar refractivity (Wildman–Crippen MR) is 106 cm³/mol. The Labute approximate surface area is 163 Å². The van der Waals surface area contributed by atoms with E-state index >= 15 is 0 Å². The number of hydrogen-bond donors (Lipinski definition) is 1. The third kappa shape index (κ3) is 4.19. The highest BCUT2D eigenvalue weighted by Gasteiger charge is 2.46. The molecule has 1 saturated carbocycles. The summed E-state index contributed by atoms with van der Waals surface area (Å²) >= 11 is 1.77. The molecule has 2 fully saturated rings. The van der Waals surface area contributed by atoms with Crippen LogP contribution in [0.3, 0.4) is 0 Å². The molecule has 4 nitrogen and oxygen atoms in total. The highest BCUT2D eigenvalue weighted by Crippen LogP contribution is 2.44. The normalized spacial score (nSPS) is 22.0. The van der Waals surface area contributed by atoms with Crippen LogP contribution in [-0.4, -0.2) is 35.0 Å². The van der Waals surface area contributed by atoms with E-state index in [1.54, 1.807) is 16.7 Å². The molecule has 0 unspecified atom stereocenters. The van der Waals surface area contributed by atoms with Gasteiger partial charge in [-0.3, -0.25) is 9.59 Å². The lowest BCUT2D eigenvalue weighted by Crippen LogP contribution is -2.29. The van der Waals surface area contributed by atoms with Gasteiger partial charge < -0.3 is 10.0 Å². The largest absolute Gasteiger partial charge is 0.481 e. The fraction of sp³-hybridized carbons (Fsp3) is 0.364. The summed E-state index contributed by atoms with van der Waals surface area (Å²) in [5.74, 6) is 0.229. The highest BCUT2D eigenvalue weighted by molar-refractivity contribution is 7.98. The number of aliphatic carboxylic acids is 1. The topological polar surface area (TPSA) is 57.6 Å². The van der Waals surface area contributed by atoms with Crippen LogP contribution in [0.1, 0.15) is 28.8 Å². The summed E-state index contributed by atoms with van der Waals surface area (Å²) in [6.45, 7) is 0.910. The molecule has 0 spiro atoms. The van der Waals surface area contributed by atoms with E-state index in [2.05, 4.69) is 12.1 Å². The Kier molecular flexibility index (Phi) is 5.21. The molecule has 0 bridgehead atoms. The quantitative estimate of drug-likeness (QED) is 0.764. The van der Waals surface area contributed by atoms with Crippen molar-refractivity contribution >= 4 is 23.6 Å². The van der Waals surface area contributed by atoms with Crippen LogP contribution in [-0.2, 0) is 10.5 Å². The van der Waals surface area contributed by atoms with Crippen molar-refractivity contribution in [2.75, 3.05) is 13.1 Å². The Hall–Kier alpha value is -2.27. The van der Waals surface area contributed by atoms with Crippen LogP contribution in [0.4, 0.5) is 0 Å².